The van der Waals surface area contributed by atoms with Crippen molar-refractivity contribution in [2.45, 2.75) is 18.3 Å². The van der Waals surface area contributed by atoms with Crippen molar-refractivity contribution in [2.24, 2.45) is 0 Å². The molecule has 0 atom stereocenters. The highest BCUT2D eigenvalue weighted by Gasteiger charge is 2.47. The lowest BCUT2D eigenvalue weighted by molar-refractivity contribution is 0.407. The van der Waals surface area contributed by atoms with Crippen LogP contribution in [0.25, 0.3) is 0 Å². The third-order valence-electron chi connectivity index (χ3n) is 2.72. The second-order valence-corrected chi connectivity index (χ2v) is 4.51. The van der Waals surface area contributed by atoms with Crippen molar-refractivity contribution < 1.29 is 9.13 Å². The van der Waals surface area contributed by atoms with Gasteiger partial charge in [-0.2, -0.15) is 5.26 Å². The Balaban J connectivity index is 2.51. The number of halogens is 2. The van der Waals surface area contributed by atoms with E-state index in [0.29, 0.717) is 15.8 Å². The van der Waals surface area contributed by atoms with Gasteiger partial charge in [0.05, 0.1) is 23.1 Å². The molecule has 0 heterocycles. The number of nitriles is 1. The van der Waals surface area contributed by atoms with Crippen molar-refractivity contribution >= 4 is 15.9 Å². The normalized spacial score (nSPS) is 16.9. The molecule has 0 radical (unpaired) electrons. The number of ether oxygens (including phenoxy) is 1. The van der Waals surface area contributed by atoms with Crippen molar-refractivity contribution in [2.75, 3.05) is 7.11 Å². The Morgan fingerprint density at radius 1 is 1.53 bits per heavy atom. The van der Waals surface area contributed by atoms with E-state index in [-0.39, 0.29) is 5.82 Å². The minimum absolute atomic E-state index is 0.367. The molecule has 0 spiro atoms. The Morgan fingerprint density at radius 2 is 2.20 bits per heavy atom. The molecule has 0 saturated heterocycles. The lowest BCUT2D eigenvalue weighted by Crippen LogP contribution is -2.06. The predicted molar refractivity (Wildman–Crippen MR) is 57.2 cm³/mol. The first-order chi connectivity index (χ1) is 7.13. The van der Waals surface area contributed by atoms with Gasteiger partial charge < -0.3 is 4.74 Å². The number of rotatable bonds is 2. The quantitative estimate of drug-likeness (QED) is 0.827. The van der Waals surface area contributed by atoms with E-state index < -0.39 is 5.41 Å². The van der Waals surface area contributed by atoms with Gasteiger partial charge in [-0.05, 0) is 34.8 Å². The van der Waals surface area contributed by atoms with Crippen LogP contribution in [-0.2, 0) is 5.41 Å². The molecule has 1 aromatic carbocycles. The van der Waals surface area contributed by atoms with E-state index in [1.807, 2.05) is 0 Å². The summed E-state index contributed by atoms with van der Waals surface area (Å²) < 4.78 is 19.3. The van der Waals surface area contributed by atoms with E-state index in [1.165, 1.54) is 13.2 Å². The van der Waals surface area contributed by atoms with E-state index in [0.717, 1.165) is 12.8 Å². The molecule has 15 heavy (non-hydrogen) atoms. The van der Waals surface area contributed by atoms with Crippen molar-refractivity contribution in [1.29, 1.82) is 5.26 Å². The molecule has 1 fully saturated rings. The van der Waals surface area contributed by atoms with Crippen molar-refractivity contribution in [3.05, 3.63) is 28.0 Å². The third kappa shape index (κ3) is 1.61. The number of nitrogens with zero attached hydrogens (tertiary/aromatic N) is 1. The molecule has 4 heteroatoms. The van der Waals surface area contributed by atoms with Gasteiger partial charge in [0, 0.05) is 11.6 Å². The Morgan fingerprint density at radius 3 is 2.67 bits per heavy atom. The molecule has 0 bridgehead atoms. The summed E-state index contributed by atoms with van der Waals surface area (Å²) in [7, 11) is 1.48. The maximum Gasteiger partial charge on any atom is 0.135 e. The SMILES string of the molecule is COc1cc(F)c(C2(C#N)CC2)cc1Br. The van der Waals surface area contributed by atoms with Crippen LogP contribution >= 0.6 is 15.9 Å². The van der Waals surface area contributed by atoms with Crippen LogP contribution in [-0.4, -0.2) is 7.11 Å². The molecular weight excluding hydrogens is 261 g/mol. The van der Waals surface area contributed by atoms with E-state index in [2.05, 4.69) is 22.0 Å². The maximum absolute atomic E-state index is 13.7. The first-order valence-corrected chi connectivity index (χ1v) is 5.37. The fraction of sp³-hybridized carbons (Fsp3) is 0.364. The lowest BCUT2D eigenvalue weighted by Gasteiger charge is -2.11. The van der Waals surface area contributed by atoms with Gasteiger partial charge in [0.1, 0.15) is 11.6 Å². The largest absolute Gasteiger partial charge is 0.495 e. The highest BCUT2D eigenvalue weighted by atomic mass is 79.9. The molecule has 78 valence electrons. The minimum atomic E-state index is -0.598. The number of benzene rings is 1. The topological polar surface area (TPSA) is 33.0 Å². The van der Waals surface area contributed by atoms with Gasteiger partial charge in [0.2, 0.25) is 0 Å². The average Bonchev–Trinajstić information content (AvgIpc) is 3.01. The summed E-state index contributed by atoms with van der Waals surface area (Å²) in [6, 6.07) is 5.13. The molecule has 1 saturated carbocycles. The van der Waals surface area contributed by atoms with Gasteiger partial charge in [0.25, 0.3) is 0 Å². The van der Waals surface area contributed by atoms with Crippen molar-refractivity contribution in [1.82, 2.24) is 0 Å². The first-order valence-electron chi connectivity index (χ1n) is 4.58. The number of methoxy groups -OCH3 is 1. The maximum atomic E-state index is 13.7. The van der Waals surface area contributed by atoms with Gasteiger partial charge in [-0.3, -0.25) is 0 Å². The van der Waals surface area contributed by atoms with E-state index in [4.69, 9.17) is 10.00 Å². The fourth-order valence-corrected chi connectivity index (χ4v) is 2.12. The molecule has 0 aromatic heterocycles. The van der Waals surface area contributed by atoms with Crippen LogP contribution in [0.15, 0.2) is 16.6 Å². The molecule has 2 rings (SSSR count). The van der Waals surface area contributed by atoms with Gasteiger partial charge in [-0.25, -0.2) is 4.39 Å². The third-order valence-corrected chi connectivity index (χ3v) is 3.34. The summed E-state index contributed by atoms with van der Waals surface area (Å²) in [5.74, 6) is 0.0825. The molecule has 0 aliphatic heterocycles. The van der Waals surface area contributed by atoms with E-state index in [9.17, 15) is 4.39 Å². The Kier molecular flexibility index (Phi) is 2.43. The predicted octanol–water partition coefficient (Wildman–Crippen LogP) is 3.15. The standard InChI is InChI=1S/C11H9BrFNO/c1-15-10-5-9(13)7(4-8(10)12)11(6-14)2-3-11/h4-5H,2-3H2,1H3. The lowest BCUT2D eigenvalue weighted by atomic mass is 9.97. The highest BCUT2D eigenvalue weighted by Crippen LogP contribution is 2.49. The van der Waals surface area contributed by atoms with Crippen LogP contribution in [0.4, 0.5) is 4.39 Å². The monoisotopic (exact) mass is 269 g/mol. The molecule has 0 unspecified atom stereocenters. The van der Waals surface area contributed by atoms with Gasteiger partial charge in [0.15, 0.2) is 0 Å². The number of hydrogen-bond donors (Lipinski definition) is 0. The first kappa shape index (κ1) is 10.4. The van der Waals surface area contributed by atoms with E-state index >= 15 is 0 Å². The summed E-state index contributed by atoms with van der Waals surface area (Å²) in [5.41, 5.74) is -0.128. The average molecular weight is 270 g/mol. The zero-order valence-corrected chi connectivity index (χ0v) is 9.77. The van der Waals surface area contributed by atoms with Gasteiger partial charge in [-0.1, -0.05) is 0 Å². The zero-order chi connectivity index (χ0) is 11.1. The van der Waals surface area contributed by atoms with Crippen LogP contribution in [0.2, 0.25) is 0 Å². The summed E-state index contributed by atoms with van der Waals surface area (Å²) in [6.45, 7) is 0. The molecule has 2 nitrogen and oxygen atoms in total. The molecule has 1 aromatic rings. The Bertz CT molecular complexity index is 449. The van der Waals surface area contributed by atoms with Crippen LogP contribution < -0.4 is 4.74 Å². The van der Waals surface area contributed by atoms with Crippen LogP contribution in [0.5, 0.6) is 5.75 Å². The number of hydrogen-bond acceptors (Lipinski definition) is 2. The molecule has 1 aliphatic carbocycles. The molecular formula is C11H9BrFNO. The minimum Gasteiger partial charge on any atom is -0.495 e. The summed E-state index contributed by atoms with van der Waals surface area (Å²) in [4.78, 5) is 0. The second kappa shape index (κ2) is 3.49. The summed E-state index contributed by atoms with van der Waals surface area (Å²) >= 11 is 3.29. The Hall–Kier alpha value is -1.08. The molecule has 0 N–H and O–H groups in total. The zero-order valence-electron chi connectivity index (χ0n) is 8.18. The van der Waals surface area contributed by atoms with Crippen molar-refractivity contribution in [3.8, 4) is 11.8 Å². The molecule has 0 amide bonds. The van der Waals surface area contributed by atoms with Crippen LogP contribution in [0.1, 0.15) is 18.4 Å². The smallest absolute Gasteiger partial charge is 0.135 e. The van der Waals surface area contributed by atoms with Gasteiger partial charge in [-0.15, -0.1) is 0 Å². The highest BCUT2D eigenvalue weighted by molar-refractivity contribution is 9.10. The Labute approximate surface area is 95.8 Å². The van der Waals surface area contributed by atoms with Crippen LogP contribution in [0, 0.1) is 17.1 Å². The fourth-order valence-electron chi connectivity index (χ4n) is 1.62. The van der Waals surface area contributed by atoms with Crippen molar-refractivity contribution in [3.63, 3.8) is 0 Å². The van der Waals surface area contributed by atoms with E-state index in [1.54, 1.807) is 6.07 Å². The second-order valence-electron chi connectivity index (χ2n) is 3.66. The van der Waals surface area contributed by atoms with Gasteiger partial charge >= 0.3 is 0 Å². The molecule has 1 aliphatic rings. The summed E-state index contributed by atoms with van der Waals surface area (Å²) in [6.07, 6.45) is 1.47. The summed E-state index contributed by atoms with van der Waals surface area (Å²) in [5, 5.41) is 8.99. The van der Waals surface area contributed by atoms with Crippen LogP contribution in [0.3, 0.4) is 0 Å².